The Morgan fingerprint density at radius 1 is 1.03 bits per heavy atom. The molecule has 1 unspecified atom stereocenters. The highest BCUT2D eigenvalue weighted by atomic mass is 28.4. The quantitative estimate of drug-likeness (QED) is 0.250. The molecule has 2 heterocycles. The molecule has 0 saturated carbocycles. The number of benzene rings is 1. The zero-order valence-electron chi connectivity index (χ0n) is 18.8. The van der Waals surface area contributed by atoms with Gasteiger partial charge in [-0.15, -0.1) is 0 Å². The summed E-state index contributed by atoms with van der Waals surface area (Å²) in [6.07, 6.45) is 2.81. The van der Waals surface area contributed by atoms with Gasteiger partial charge < -0.3 is 23.4 Å². The van der Waals surface area contributed by atoms with E-state index in [-0.39, 0.29) is 35.7 Å². The maximum Gasteiger partial charge on any atom is 0.193 e. The Balaban J connectivity index is 1.76. The highest BCUT2D eigenvalue weighted by Gasteiger charge is 2.53. The largest absolute Gasteiger partial charge is 0.408 e. The van der Waals surface area contributed by atoms with Crippen LogP contribution in [0.4, 0.5) is 0 Å². The molecule has 162 valence electrons. The topological polar surface area (TPSA) is 49.5 Å². The molecule has 0 aromatic heterocycles. The van der Waals surface area contributed by atoms with E-state index in [1.807, 2.05) is 38.1 Å². The summed E-state index contributed by atoms with van der Waals surface area (Å²) in [6.45, 7) is 15.7. The van der Waals surface area contributed by atoms with Crippen LogP contribution in [0.25, 0.3) is 0 Å². The van der Waals surface area contributed by atoms with Crippen molar-refractivity contribution in [3.05, 3.63) is 48.0 Å². The molecule has 1 aromatic carbocycles. The summed E-state index contributed by atoms with van der Waals surface area (Å²) >= 11 is 0. The fraction of sp³-hybridized carbons (Fsp3) is 0.652. The van der Waals surface area contributed by atoms with Crippen LogP contribution in [0.2, 0.25) is 18.1 Å². The predicted molar refractivity (Wildman–Crippen MR) is 116 cm³/mol. The van der Waals surface area contributed by atoms with Gasteiger partial charge in [-0.1, -0.05) is 57.2 Å². The molecule has 2 aliphatic rings. The number of hydrogen-bond acceptors (Lipinski definition) is 5. The van der Waals surface area contributed by atoms with Crippen LogP contribution in [0, 0.1) is 0 Å². The molecule has 29 heavy (non-hydrogen) atoms. The van der Waals surface area contributed by atoms with Gasteiger partial charge in [-0.2, -0.15) is 0 Å². The number of hydrogen-bond donors (Lipinski definition) is 0. The minimum atomic E-state index is -1.97. The van der Waals surface area contributed by atoms with Crippen molar-refractivity contribution in [2.45, 2.75) is 89.7 Å². The van der Waals surface area contributed by atoms with Gasteiger partial charge in [0.05, 0.1) is 6.10 Å². The van der Waals surface area contributed by atoms with Crippen molar-refractivity contribution in [3.63, 3.8) is 0 Å². The third-order valence-corrected chi connectivity index (χ3v) is 10.5. The molecular formula is C23H36O5Si. The average molecular weight is 421 g/mol. The Kier molecular flexibility index (Phi) is 7.03. The first-order valence-electron chi connectivity index (χ1n) is 10.6. The predicted octanol–water partition coefficient (Wildman–Crippen LogP) is 5.20. The highest BCUT2D eigenvalue weighted by Crippen LogP contribution is 2.46. The van der Waals surface area contributed by atoms with Crippen LogP contribution in [0.5, 0.6) is 0 Å². The molecule has 0 N–H and O–H groups in total. The Morgan fingerprint density at radius 2 is 1.72 bits per heavy atom. The minimum absolute atomic E-state index is 0.0307. The van der Waals surface area contributed by atoms with E-state index in [2.05, 4.69) is 52.1 Å². The summed E-state index contributed by atoms with van der Waals surface area (Å²) in [4.78, 5) is 0. The zero-order chi connectivity index (χ0) is 21.2. The standard InChI is InChI=1S/C23H36O5Si/c1-8-24-16(2)25-19-15-14-18(28-29(6,7)23(3,4)5)21(26-19)22-20(27-22)17-12-10-9-11-13-17/h9-16,18-22H,8H2,1-7H3/t16?,18-,19+,20+,21+,22-/m0/s1. The third kappa shape index (κ3) is 5.57. The van der Waals surface area contributed by atoms with Crippen LogP contribution in [-0.2, 0) is 23.4 Å². The second kappa shape index (κ2) is 9.00. The maximum atomic E-state index is 6.70. The van der Waals surface area contributed by atoms with E-state index in [1.165, 1.54) is 5.56 Å². The third-order valence-electron chi connectivity index (χ3n) is 6.01. The lowest BCUT2D eigenvalue weighted by molar-refractivity contribution is -0.245. The zero-order valence-corrected chi connectivity index (χ0v) is 19.8. The Labute approximate surface area is 176 Å². The van der Waals surface area contributed by atoms with E-state index in [0.717, 1.165) is 0 Å². The van der Waals surface area contributed by atoms with Crippen molar-refractivity contribution in [3.8, 4) is 0 Å². The Bertz CT molecular complexity index is 684. The number of ether oxygens (including phenoxy) is 4. The first-order chi connectivity index (χ1) is 13.6. The molecule has 2 aliphatic heterocycles. The summed E-state index contributed by atoms with van der Waals surface area (Å²) in [7, 11) is -1.97. The molecule has 0 spiro atoms. The SMILES string of the molecule is CCOC(C)O[C@H]1C=C[C@H](O[Si](C)(C)C(C)(C)C)[C@H]([C@H]2O[C@@H]2c2ccccc2)O1. The van der Waals surface area contributed by atoms with Crippen molar-refractivity contribution in [1.29, 1.82) is 0 Å². The van der Waals surface area contributed by atoms with Crippen LogP contribution in [-0.4, -0.2) is 45.8 Å². The fourth-order valence-electron chi connectivity index (χ4n) is 3.30. The molecule has 0 radical (unpaired) electrons. The first-order valence-corrected chi connectivity index (χ1v) is 13.5. The molecule has 6 atom stereocenters. The van der Waals surface area contributed by atoms with Gasteiger partial charge in [0.25, 0.3) is 0 Å². The molecule has 6 heteroatoms. The van der Waals surface area contributed by atoms with Crippen molar-refractivity contribution < 1.29 is 23.4 Å². The fourth-order valence-corrected chi connectivity index (χ4v) is 4.55. The lowest BCUT2D eigenvalue weighted by Crippen LogP contribution is -2.50. The lowest BCUT2D eigenvalue weighted by atomic mass is 10.0. The molecule has 0 amide bonds. The molecule has 1 aromatic rings. The van der Waals surface area contributed by atoms with E-state index in [1.54, 1.807) is 0 Å². The van der Waals surface area contributed by atoms with Gasteiger partial charge >= 0.3 is 0 Å². The molecule has 5 nitrogen and oxygen atoms in total. The molecule has 0 bridgehead atoms. The van der Waals surface area contributed by atoms with Gasteiger partial charge in [0.2, 0.25) is 0 Å². The molecule has 1 saturated heterocycles. The monoisotopic (exact) mass is 420 g/mol. The van der Waals surface area contributed by atoms with E-state index < -0.39 is 14.6 Å². The van der Waals surface area contributed by atoms with Crippen molar-refractivity contribution >= 4 is 8.32 Å². The van der Waals surface area contributed by atoms with E-state index in [9.17, 15) is 0 Å². The Hall–Kier alpha value is -1.02. The van der Waals surface area contributed by atoms with Gasteiger partial charge in [0.1, 0.15) is 18.3 Å². The second-order valence-corrected chi connectivity index (χ2v) is 14.0. The van der Waals surface area contributed by atoms with Crippen LogP contribution >= 0.6 is 0 Å². The number of rotatable bonds is 8. The normalized spacial score (nSPS) is 30.9. The van der Waals surface area contributed by atoms with Gasteiger partial charge in [-0.05, 0) is 43.6 Å². The highest BCUT2D eigenvalue weighted by molar-refractivity contribution is 6.74. The van der Waals surface area contributed by atoms with Gasteiger partial charge in [0.15, 0.2) is 20.9 Å². The van der Waals surface area contributed by atoms with Gasteiger partial charge in [-0.25, -0.2) is 0 Å². The van der Waals surface area contributed by atoms with Crippen LogP contribution < -0.4 is 0 Å². The smallest absolute Gasteiger partial charge is 0.193 e. The summed E-state index contributed by atoms with van der Waals surface area (Å²) in [5.74, 6) is 0. The maximum absolute atomic E-state index is 6.70. The summed E-state index contributed by atoms with van der Waals surface area (Å²) < 4.78 is 30.5. The summed E-state index contributed by atoms with van der Waals surface area (Å²) in [6, 6.07) is 10.3. The van der Waals surface area contributed by atoms with Crippen molar-refractivity contribution in [1.82, 2.24) is 0 Å². The molecular weight excluding hydrogens is 384 g/mol. The summed E-state index contributed by atoms with van der Waals surface area (Å²) in [5, 5.41) is 0.117. The molecule has 1 fully saturated rings. The Morgan fingerprint density at radius 3 is 2.34 bits per heavy atom. The van der Waals surface area contributed by atoms with E-state index in [0.29, 0.717) is 6.61 Å². The minimum Gasteiger partial charge on any atom is -0.408 e. The number of epoxide rings is 1. The van der Waals surface area contributed by atoms with E-state index in [4.69, 9.17) is 23.4 Å². The van der Waals surface area contributed by atoms with Crippen molar-refractivity contribution in [2.75, 3.05) is 6.61 Å². The average Bonchev–Trinajstić information content (AvgIpc) is 3.43. The lowest BCUT2D eigenvalue weighted by Gasteiger charge is -2.42. The van der Waals surface area contributed by atoms with E-state index >= 15 is 0 Å². The second-order valence-electron chi connectivity index (χ2n) is 9.29. The van der Waals surface area contributed by atoms with Crippen molar-refractivity contribution in [2.24, 2.45) is 0 Å². The van der Waals surface area contributed by atoms with Gasteiger partial charge in [0, 0.05) is 6.61 Å². The first kappa shape index (κ1) is 22.7. The molecule has 0 aliphatic carbocycles. The van der Waals surface area contributed by atoms with Gasteiger partial charge in [-0.3, -0.25) is 0 Å². The van der Waals surface area contributed by atoms with Crippen LogP contribution in [0.3, 0.4) is 0 Å². The van der Waals surface area contributed by atoms with Crippen LogP contribution in [0.15, 0.2) is 42.5 Å². The molecule has 3 rings (SSSR count). The van der Waals surface area contributed by atoms with Crippen LogP contribution in [0.1, 0.15) is 46.3 Å². The summed E-state index contributed by atoms with van der Waals surface area (Å²) in [5.41, 5.74) is 1.17.